The summed E-state index contributed by atoms with van der Waals surface area (Å²) in [6, 6.07) is 0. The molecule has 0 aromatic carbocycles. The molecule has 0 aliphatic heterocycles. The molecule has 0 saturated heterocycles. The Morgan fingerprint density at radius 1 is 1.47 bits per heavy atom. The van der Waals surface area contributed by atoms with Crippen molar-refractivity contribution in [3.05, 3.63) is 11.7 Å². The molecule has 0 bridgehead atoms. The lowest BCUT2D eigenvalue weighted by Gasteiger charge is -2.35. The highest BCUT2D eigenvalue weighted by atomic mass is 16.5. The minimum Gasteiger partial charge on any atom is -0.370 e. The van der Waals surface area contributed by atoms with E-state index in [1.54, 1.807) is 7.11 Å². The summed E-state index contributed by atoms with van der Waals surface area (Å²) in [6.07, 6.45) is 4.97. The van der Waals surface area contributed by atoms with Crippen LogP contribution in [-0.4, -0.2) is 23.8 Å². The van der Waals surface area contributed by atoms with E-state index in [0.29, 0.717) is 24.2 Å². The van der Waals surface area contributed by atoms with E-state index in [-0.39, 0.29) is 5.60 Å². The van der Waals surface area contributed by atoms with Gasteiger partial charge in [0.1, 0.15) is 5.60 Å². The molecule has 2 N–H and O–H groups in total. The third-order valence-electron chi connectivity index (χ3n) is 4.27. The molecule has 1 aromatic rings. The van der Waals surface area contributed by atoms with Crippen LogP contribution in [-0.2, 0) is 16.8 Å². The monoisotopic (exact) mass is 267 g/mol. The number of rotatable bonds is 5. The molecule has 2 rings (SSSR count). The topological polar surface area (TPSA) is 74.2 Å². The van der Waals surface area contributed by atoms with Gasteiger partial charge in [-0.3, -0.25) is 0 Å². The van der Waals surface area contributed by atoms with Crippen molar-refractivity contribution in [2.24, 2.45) is 17.6 Å². The van der Waals surface area contributed by atoms with Crippen molar-refractivity contribution in [1.82, 2.24) is 10.1 Å². The molecule has 1 aliphatic rings. The lowest BCUT2D eigenvalue weighted by molar-refractivity contribution is -0.0609. The Labute approximate surface area is 114 Å². The predicted octanol–water partition coefficient (Wildman–Crippen LogP) is 2.26. The zero-order chi connectivity index (χ0) is 13.9. The molecule has 108 valence electrons. The van der Waals surface area contributed by atoms with Crippen molar-refractivity contribution in [2.75, 3.05) is 13.7 Å². The van der Waals surface area contributed by atoms with Crippen LogP contribution >= 0.6 is 0 Å². The van der Waals surface area contributed by atoms with Crippen LogP contribution in [0.1, 0.15) is 51.2 Å². The van der Waals surface area contributed by atoms with Gasteiger partial charge in [-0.2, -0.15) is 4.98 Å². The summed E-state index contributed by atoms with van der Waals surface area (Å²) >= 11 is 0. The second kappa shape index (κ2) is 6.01. The van der Waals surface area contributed by atoms with Crippen molar-refractivity contribution in [3.8, 4) is 0 Å². The van der Waals surface area contributed by atoms with Crippen LogP contribution in [0.3, 0.4) is 0 Å². The third kappa shape index (κ3) is 3.15. The van der Waals surface area contributed by atoms with Crippen molar-refractivity contribution in [1.29, 1.82) is 0 Å². The van der Waals surface area contributed by atoms with Crippen LogP contribution in [0.5, 0.6) is 0 Å². The number of aromatic nitrogens is 2. The number of nitrogens with zero attached hydrogens (tertiary/aromatic N) is 2. The smallest absolute Gasteiger partial charge is 0.227 e. The van der Waals surface area contributed by atoms with Gasteiger partial charge in [0, 0.05) is 13.5 Å². The molecular formula is C14H25N3O2. The molecule has 5 nitrogen and oxygen atoms in total. The van der Waals surface area contributed by atoms with Crippen LogP contribution in [0.25, 0.3) is 0 Å². The SMILES string of the molecule is COC1(c2noc(CC(C)CN)n2)CCC(C)CC1. The average Bonchev–Trinajstić information content (AvgIpc) is 2.89. The fourth-order valence-corrected chi connectivity index (χ4v) is 2.65. The molecule has 19 heavy (non-hydrogen) atoms. The predicted molar refractivity (Wildman–Crippen MR) is 72.5 cm³/mol. The van der Waals surface area contributed by atoms with E-state index in [4.69, 9.17) is 15.0 Å². The standard InChI is InChI=1S/C14H25N3O2/c1-10-4-6-14(18-3,7-5-10)13-16-12(19-17-13)8-11(2)9-15/h10-11H,4-9,15H2,1-3H3. The van der Waals surface area contributed by atoms with Gasteiger partial charge in [0.15, 0.2) is 0 Å². The van der Waals surface area contributed by atoms with Gasteiger partial charge in [-0.25, -0.2) is 0 Å². The first kappa shape index (κ1) is 14.5. The van der Waals surface area contributed by atoms with Crippen molar-refractivity contribution in [2.45, 2.75) is 51.6 Å². The van der Waals surface area contributed by atoms with E-state index in [1.165, 1.54) is 0 Å². The number of ether oxygens (including phenoxy) is 1. The Bertz CT molecular complexity index is 397. The highest BCUT2D eigenvalue weighted by Gasteiger charge is 2.40. The first-order valence-electron chi connectivity index (χ1n) is 7.18. The van der Waals surface area contributed by atoms with Gasteiger partial charge < -0.3 is 15.0 Å². The van der Waals surface area contributed by atoms with Crippen LogP contribution < -0.4 is 5.73 Å². The van der Waals surface area contributed by atoms with E-state index in [0.717, 1.165) is 38.0 Å². The third-order valence-corrected chi connectivity index (χ3v) is 4.27. The summed E-state index contributed by atoms with van der Waals surface area (Å²) in [5.74, 6) is 2.49. The molecule has 1 atom stereocenters. The molecule has 1 saturated carbocycles. The normalized spacial score (nSPS) is 29.4. The number of hydrogen-bond donors (Lipinski definition) is 1. The number of nitrogens with two attached hydrogens (primary N) is 1. The summed E-state index contributed by atoms with van der Waals surface area (Å²) in [6.45, 7) is 4.99. The Morgan fingerprint density at radius 2 is 2.16 bits per heavy atom. The highest BCUT2D eigenvalue weighted by Crippen LogP contribution is 2.40. The van der Waals surface area contributed by atoms with Crippen molar-refractivity contribution < 1.29 is 9.26 Å². The average molecular weight is 267 g/mol. The van der Waals surface area contributed by atoms with Gasteiger partial charge in [0.25, 0.3) is 0 Å². The van der Waals surface area contributed by atoms with Gasteiger partial charge in [-0.1, -0.05) is 19.0 Å². The Hall–Kier alpha value is -0.940. The Kier molecular flexibility index (Phi) is 4.58. The van der Waals surface area contributed by atoms with Gasteiger partial charge in [-0.15, -0.1) is 0 Å². The summed E-state index contributed by atoms with van der Waals surface area (Å²) in [4.78, 5) is 4.53. The maximum absolute atomic E-state index is 5.75. The molecule has 0 spiro atoms. The van der Waals surface area contributed by atoms with Gasteiger partial charge in [0.05, 0.1) is 0 Å². The fraction of sp³-hybridized carbons (Fsp3) is 0.857. The summed E-state index contributed by atoms with van der Waals surface area (Å²) in [5.41, 5.74) is 5.28. The number of hydrogen-bond acceptors (Lipinski definition) is 5. The van der Waals surface area contributed by atoms with E-state index in [2.05, 4.69) is 24.0 Å². The summed E-state index contributed by atoms with van der Waals surface area (Å²) in [7, 11) is 1.74. The molecule has 1 unspecified atom stereocenters. The second-order valence-corrected chi connectivity index (χ2v) is 5.94. The van der Waals surface area contributed by atoms with Crippen LogP contribution in [0.2, 0.25) is 0 Å². The van der Waals surface area contributed by atoms with E-state index in [1.807, 2.05) is 0 Å². The van der Waals surface area contributed by atoms with E-state index in [9.17, 15) is 0 Å². The lowest BCUT2D eigenvalue weighted by Crippen LogP contribution is -2.34. The van der Waals surface area contributed by atoms with Gasteiger partial charge in [0.2, 0.25) is 11.7 Å². The molecule has 1 fully saturated rings. The largest absolute Gasteiger partial charge is 0.370 e. The zero-order valence-corrected chi connectivity index (χ0v) is 12.2. The van der Waals surface area contributed by atoms with Crippen molar-refractivity contribution in [3.63, 3.8) is 0 Å². The lowest BCUT2D eigenvalue weighted by atomic mass is 9.79. The first-order valence-corrected chi connectivity index (χ1v) is 7.18. The highest BCUT2D eigenvalue weighted by molar-refractivity contribution is 5.04. The fourth-order valence-electron chi connectivity index (χ4n) is 2.65. The molecule has 0 amide bonds. The van der Waals surface area contributed by atoms with Crippen LogP contribution in [0.4, 0.5) is 0 Å². The molecular weight excluding hydrogens is 242 g/mol. The summed E-state index contributed by atoms with van der Waals surface area (Å²) < 4.78 is 11.1. The maximum atomic E-state index is 5.75. The van der Waals surface area contributed by atoms with Crippen molar-refractivity contribution >= 4 is 0 Å². The summed E-state index contributed by atoms with van der Waals surface area (Å²) in [5, 5.41) is 4.14. The van der Waals surface area contributed by atoms with Gasteiger partial charge in [-0.05, 0) is 44.1 Å². The molecule has 5 heteroatoms. The first-order chi connectivity index (χ1) is 9.09. The van der Waals surface area contributed by atoms with E-state index >= 15 is 0 Å². The quantitative estimate of drug-likeness (QED) is 0.885. The van der Waals surface area contributed by atoms with E-state index < -0.39 is 0 Å². The Balaban J connectivity index is 2.11. The minimum absolute atomic E-state index is 0.347. The molecule has 1 aromatic heterocycles. The maximum Gasteiger partial charge on any atom is 0.227 e. The zero-order valence-electron chi connectivity index (χ0n) is 12.2. The number of methoxy groups -OCH3 is 1. The minimum atomic E-state index is -0.347. The molecule has 0 radical (unpaired) electrons. The van der Waals surface area contributed by atoms with Crippen LogP contribution in [0, 0.1) is 11.8 Å². The second-order valence-electron chi connectivity index (χ2n) is 5.94. The Morgan fingerprint density at radius 3 is 2.74 bits per heavy atom. The van der Waals surface area contributed by atoms with Crippen LogP contribution in [0.15, 0.2) is 4.52 Å². The molecule has 1 heterocycles. The van der Waals surface area contributed by atoms with Gasteiger partial charge >= 0.3 is 0 Å². The molecule has 1 aliphatic carbocycles.